The van der Waals surface area contributed by atoms with Gasteiger partial charge in [0, 0.05) is 38.6 Å². The van der Waals surface area contributed by atoms with Gasteiger partial charge < -0.3 is 5.11 Å². The van der Waals surface area contributed by atoms with Crippen LogP contribution >= 0.6 is 0 Å². The average molecular weight is 381 g/mol. The summed E-state index contributed by atoms with van der Waals surface area (Å²) in [5.41, 5.74) is 1.79. The van der Waals surface area contributed by atoms with Crippen molar-refractivity contribution in [1.29, 1.82) is 0 Å². The van der Waals surface area contributed by atoms with E-state index in [1.54, 1.807) is 23.4 Å². The van der Waals surface area contributed by atoms with E-state index in [2.05, 4.69) is 25.0 Å². The third-order valence-corrected chi connectivity index (χ3v) is 4.13. The highest BCUT2D eigenvalue weighted by Crippen LogP contribution is 2.06. The molecule has 0 saturated heterocycles. The first-order valence-corrected chi connectivity index (χ1v) is 8.98. The van der Waals surface area contributed by atoms with Crippen molar-refractivity contribution < 1.29 is 9.90 Å². The molecule has 3 aromatic rings. The number of aromatic nitrogens is 5. The SMILES string of the molecule is O=C(O)CN(CCN(Cc1ccccn1)Cn1cncn1)Cc1ccccn1. The lowest BCUT2D eigenvalue weighted by atomic mass is 10.3. The zero-order chi connectivity index (χ0) is 19.6. The minimum atomic E-state index is -0.858. The van der Waals surface area contributed by atoms with E-state index < -0.39 is 5.97 Å². The number of rotatable bonds is 11. The van der Waals surface area contributed by atoms with Crippen molar-refractivity contribution in [2.45, 2.75) is 19.8 Å². The van der Waals surface area contributed by atoms with E-state index in [0.717, 1.165) is 11.4 Å². The van der Waals surface area contributed by atoms with Crippen LogP contribution in [0.1, 0.15) is 11.4 Å². The number of nitrogens with zero attached hydrogens (tertiary/aromatic N) is 7. The lowest BCUT2D eigenvalue weighted by Crippen LogP contribution is -2.38. The van der Waals surface area contributed by atoms with Crippen LogP contribution < -0.4 is 0 Å². The molecular formula is C19H23N7O2. The van der Waals surface area contributed by atoms with Gasteiger partial charge >= 0.3 is 5.97 Å². The summed E-state index contributed by atoms with van der Waals surface area (Å²) < 4.78 is 1.74. The molecule has 1 N–H and O–H groups in total. The zero-order valence-electron chi connectivity index (χ0n) is 15.5. The third-order valence-electron chi connectivity index (χ3n) is 4.13. The standard InChI is InChI=1S/C19H23N7O2/c27-19(28)13-24(11-17-5-1-3-7-21-17)9-10-25(16-26-15-20-14-23-26)12-18-6-2-4-8-22-18/h1-8,14-15H,9-13,16H2,(H,27,28). The van der Waals surface area contributed by atoms with Crippen LogP contribution in [0.3, 0.4) is 0 Å². The van der Waals surface area contributed by atoms with Gasteiger partial charge in [-0.2, -0.15) is 5.10 Å². The molecule has 0 aliphatic carbocycles. The van der Waals surface area contributed by atoms with E-state index in [1.165, 1.54) is 6.33 Å². The molecule has 0 amide bonds. The topological polar surface area (TPSA) is 100 Å². The predicted molar refractivity (Wildman–Crippen MR) is 102 cm³/mol. The smallest absolute Gasteiger partial charge is 0.317 e. The van der Waals surface area contributed by atoms with Crippen molar-refractivity contribution in [3.8, 4) is 0 Å². The largest absolute Gasteiger partial charge is 0.480 e. The minimum Gasteiger partial charge on any atom is -0.480 e. The van der Waals surface area contributed by atoms with Gasteiger partial charge in [0.25, 0.3) is 0 Å². The fraction of sp³-hybridized carbons (Fsp3) is 0.316. The molecule has 146 valence electrons. The lowest BCUT2D eigenvalue weighted by Gasteiger charge is -2.26. The first-order valence-electron chi connectivity index (χ1n) is 8.98. The van der Waals surface area contributed by atoms with Gasteiger partial charge in [-0.1, -0.05) is 12.1 Å². The highest BCUT2D eigenvalue weighted by atomic mass is 16.4. The lowest BCUT2D eigenvalue weighted by molar-refractivity contribution is -0.138. The molecule has 0 saturated carbocycles. The molecule has 3 heterocycles. The summed E-state index contributed by atoms with van der Waals surface area (Å²) in [6, 6.07) is 11.4. The van der Waals surface area contributed by atoms with Gasteiger partial charge in [-0.05, 0) is 24.3 Å². The van der Waals surface area contributed by atoms with Gasteiger partial charge in [0.05, 0.1) is 24.6 Å². The van der Waals surface area contributed by atoms with Crippen molar-refractivity contribution in [3.05, 3.63) is 72.8 Å². The van der Waals surface area contributed by atoms with Gasteiger partial charge in [-0.25, -0.2) is 9.67 Å². The average Bonchev–Trinajstić information content (AvgIpc) is 3.20. The van der Waals surface area contributed by atoms with E-state index in [9.17, 15) is 9.90 Å². The predicted octanol–water partition coefficient (Wildman–Crippen LogP) is 1.11. The highest BCUT2D eigenvalue weighted by Gasteiger charge is 2.15. The van der Waals surface area contributed by atoms with E-state index in [1.807, 2.05) is 41.3 Å². The Hall–Kier alpha value is -3.17. The molecule has 3 rings (SSSR count). The molecular weight excluding hydrogens is 358 g/mol. The Labute approximate surface area is 163 Å². The number of carbonyl (C=O) groups is 1. The van der Waals surface area contributed by atoms with Crippen LogP contribution in [0.4, 0.5) is 0 Å². The first kappa shape index (κ1) is 19.6. The van der Waals surface area contributed by atoms with Crippen LogP contribution in [0.5, 0.6) is 0 Å². The minimum absolute atomic E-state index is 0.0443. The van der Waals surface area contributed by atoms with Gasteiger partial charge in [0.1, 0.15) is 12.7 Å². The van der Waals surface area contributed by atoms with Crippen molar-refractivity contribution in [3.63, 3.8) is 0 Å². The maximum absolute atomic E-state index is 11.3. The second kappa shape index (κ2) is 10.2. The summed E-state index contributed by atoms with van der Waals surface area (Å²) in [6.07, 6.45) is 6.64. The molecule has 0 bridgehead atoms. The number of aliphatic carboxylic acids is 1. The monoisotopic (exact) mass is 381 g/mol. The number of carboxylic acid groups (broad SMARTS) is 1. The van der Waals surface area contributed by atoms with Crippen molar-refractivity contribution >= 4 is 5.97 Å². The summed E-state index contributed by atoms with van der Waals surface area (Å²) in [4.78, 5) is 28.0. The molecule has 0 aliphatic rings. The number of pyridine rings is 2. The normalized spacial score (nSPS) is 11.2. The van der Waals surface area contributed by atoms with Gasteiger partial charge in [0.2, 0.25) is 0 Å². The number of hydrogen-bond donors (Lipinski definition) is 1. The molecule has 0 fully saturated rings. The van der Waals surface area contributed by atoms with Gasteiger partial charge in [-0.15, -0.1) is 0 Å². The van der Waals surface area contributed by atoms with Gasteiger partial charge in [-0.3, -0.25) is 24.6 Å². The maximum atomic E-state index is 11.3. The Morgan fingerprint density at radius 1 is 0.964 bits per heavy atom. The van der Waals surface area contributed by atoms with E-state index in [4.69, 9.17) is 0 Å². The fourth-order valence-electron chi connectivity index (χ4n) is 2.84. The third kappa shape index (κ3) is 6.53. The summed E-state index contributed by atoms with van der Waals surface area (Å²) >= 11 is 0. The Bertz CT molecular complexity index is 828. The number of carboxylic acids is 1. The molecule has 3 aromatic heterocycles. The van der Waals surface area contributed by atoms with E-state index in [0.29, 0.717) is 32.8 Å². The Morgan fingerprint density at radius 2 is 1.61 bits per heavy atom. The second-order valence-electron chi connectivity index (χ2n) is 6.38. The first-order chi connectivity index (χ1) is 13.7. The van der Waals surface area contributed by atoms with Crippen molar-refractivity contribution in [1.82, 2.24) is 34.5 Å². The van der Waals surface area contributed by atoms with Crippen molar-refractivity contribution in [2.75, 3.05) is 19.6 Å². The van der Waals surface area contributed by atoms with Crippen LogP contribution in [0, 0.1) is 0 Å². The molecule has 0 spiro atoms. The maximum Gasteiger partial charge on any atom is 0.317 e. The molecule has 9 heteroatoms. The highest BCUT2D eigenvalue weighted by molar-refractivity contribution is 5.69. The molecule has 0 unspecified atom stereocenters. The summed E-state index contributed by atoms with van der Waals surface area (Å²) in [5.74, 6) is -0.858. The molecule has 0 atom stereocenters. The Kier molecular flexibility index (Phi) is 7.16. The zero-order valence-corrected chi connectivity index (χ0v) is 15.5. The molecule has 28 heavy (non-hydrogen) atoms. The van der Waals surface area contributed by atoms with E-state index >= 15 is 0 Å². The number of hydrogen-bond acceptors (Lipinski definition) is 7. The van der Waals surface area contributed by atoms with Crippen LogP contribution in [0.25, 0.3) is 0 Å². The van der Waals surface area contributed by atoms with Crippen LogP contribution in [-0.4, -0.2) is 65.2 Å². The molecule has 0 aromatic carbocycles. The van der Waals surface area contributed by atoms with Crippen LogP contribution in [0.2, 0.25) is 0 Å². The van der Waals surface area contributed by atoms with Crippen LogP contribution in [0.15, 0.2) is 61.4 Å². The van der Waals surface area contributed by atoms with Crippen LogP contribution in [-0.2, 0) is 24.6 Å². The second-order valence-corrected chi connectivity index (χ2v) is 6.38. The Morgan fingerprint density at radius 3 is 2.14 bits per heavy atom. The summed E-state index contributed by atoms with van der Waals surface area (Å²) in [5, 5.41) is 13.4. The van der Waals surface area contributed by atoms with Crippen molar-refractivity contribution in [2.24, 2.45) is 0 Å². The molecule has 9 nitrogen and oxygen atoms in total. The molecule has 0 aliphatic heterocycles. The quantitative estimate of drug-likeness (QED) is 0.527. The summed E-state index contributed by atoms with van der Waals surface area (Å²) in [7, 11) is 0. The van der Waals surface area contributed by atoms with E-state index in [-0.39, 0.29) is 6.54 Å². The summed E-state index contributed by atoms with van der Waals surface area (Å²) in [6.45, 7) is 2.83. The Balaban J connectivity index is 1.65. The molecule has 0 radical (unpaired) electrons. The fourth-order valence-corrected chi connectivity index (χ4v) is 2.84. The van der Waals surface area contributed by atoms with Gasteiger partial charge in [0.15, 0.2) is 0 Å².